The molecule has 0 aromatic rings. The van der Waals surface area contributed by atoms with E-state index in [1.165, 1.54) is 70.6 Å². The highest BCUT2D eigenvalue weighted by Gasteiger charge is 2.09. The Labute approximate surface area is 151 Å². The molecule has 0 aliphatic rings. The lowest BCUT2D eigenvalue weighted by molar-refractivity contribution is -0.864. The van der Waals surface area contributed by atoms with E-state index in [1.54, 1.807) is 0 Å². The van der Waals surface area contributed by atoms with Crippen molar-refractivity contribution in [3.8, 4) is 0 Å². The Hall–Kier alpha value is -0.830. The number of likely N-dealkylation sites (N-methyl/N-ethyl adjacent to an activating group) is 1. The van der Waals surface area contributed by atoms with Gasteiger partial charge in [-0.3, -0.25) is 4.79 Å². The third-order valence-electron chi connectivity index (χ3n) is 4.50. The lowest BCUT2D eigenvalue weighted by Crippen LogP contribution is -2.34. The molecule has 0 atom stereocenters. The maximum absolute atomic E-state index is 11.5. The van der Waals surface area contributed by atoms with E-state index in [0.717, 1.165) is 29.4 Å². The number of hydrogen-bond donors (Lipinski definition) is 1. The molecule has 0 radical (unpaired) electrons. The molecule has 0 aromatic heterocycles. The SMILES string of the molecule is CCCCCCCCCCCCCCC(=CC[N+](C)(C)C)C(N)=O. The fourth-order valence-corrected chi connectivity index (χ4v) is 2.87. The second-order valence-corrected chi connectivity index (χ2v) is 8.21. The molecule has 2 N–H and O–H groups in total. The lowest BCUT2D eigenvalue weighted by atomic mass is 10.0. The Morgan fingerprint density at radius 2 is 1.21 bits per heavy atom. The maximum Gasteiger partial charge on any atom is 0.244 e. The summed E-state index contributed by atoms with van der Waals surface area (Å²) in [5.41, 5.74) is 6.31. The predicted octanol–water partition coefficient (Wildman–Crippen LogP) is 5.20. The number of amides is 1. The summed E-state index contributed by atoms with van der Waals surface area (Å²) in [4.78, 5) is 11.5. The molecule has 1 amide bonds. The summed E-state index contributed by atoms with van der Waals surface area (Å²) in [6.45, 7) is 3.13. The largest absolute Gasteiger partial charge is 0.366 e. The van der Waals surface area contributed by atoms with Gasteiger partial charge in [-0.2, -0.15) is 0 Å². The van der Waals surface area contributed by atoms with Crippen LogP contribution in [0, 0.1) is 0 Å². The highest BCUT2D eigenvalue weighted by Crippen LogP contribution is 2.14. The van der Waals surface area contributed by atoms with Crippen LogP contribution in [0.4, 0.5) is 0 Å². The van der Waals surface area contributed by atoms with Crippen LogP contribution in [0.15, 0.2) is 11.6 Å². The van der Waals surface area contributed by atoms with Gasteiger partial charge in [-0.1, -0.05) is 77.6 Å². The van der Waals surface area contributed by atoms with Crippen molar-refractivity contribution in [2.45, 2.75) is 90.4 Å². The second-order valence-electron chi connectivity index (χ2n) is 8.21. The third kappa shape index (κ3) is 16.0. The quantitative estimate of drug-likeness (QED) is 0.234. The first-order valence-electron chi connectivity index (χ1n) is 10.2. The third-order valence-corrected chi connectivity index (χ3v) is 4.50. The molecule has 0 saturated carbocycles. The lowest BCUT2D eigenvalue weighted by Gasteiger charge is -2.22. The zero-order valence-electron chi connectivity index (χ0n) is 16.9. The van der Waals surface area contributed by atoms with Crippen molar-refractivity contribution in [3.05, 3.63) is 11.6 Å². The summed E-state index contributed by atoms with van der Waals surface area (Å²) < 4.78 is 0.829. The van der Waals surface area contributed by atoms with Crippen molar-refractivity contribution < 1.29 is 9.28 Å². The summed E-state index contributed by atoms with van der Waals surface area (Å²) in [6.07, 6.45) is 18.9. The molecule has 3 heteroatoms. The van der Waals surface area contributed by atoms with E-state index in [9.17, 15) is 4.79 Å². The van der Waals surface area contributed by atoms with Crippen molar-refractivity contribution in [3.63, 3.8) is 0 Å². The smallest absolute Gasteiger partial charge is 0.244 e. The number of carbonyl (C=O) groups excluding carboxylic acids is 1. The van der Waals surface area contributed by atoms with Crippen molar-refractivity contribution in [1.82, 2.24) is 0 Å². The first kappa shape index (κ1) is 23.2. The minimum absolute atomic E-state index is 0.244. The molecule has 24 heavy (non-hydrogen) atoms. The molecule has 0 aliphatic carbocycles. The van der Waals surface area contributed by atoms with Crippen LogP contribution >= 0.6 is 0 Å². The Bertz CT molecular complexity index is 342. The predicted molar refractivity (Wildman–Crippen MR) is 106 cm³/mol. The van der Waals surface area contributed by atoms with E-state index in [2.05, 4.69) is 28.1 Å². The van der Waals surface area contributed by atoms with Crippen LogP contribution in [0.5, 0.6) is 0 Å². The number of primary amides is 1. The van der Waals surface area contributed by atoms with E-state index >= 15 is 0 Å². The first-order chi connectivity index (χ1) is 11.4. The first-order valence-corrected chi connectivity index (χ1v) is 10.2. The summed E-state index contributed by atoms with van der Waals surface area (Å²) in [7, 11) is 6.37. The van der Waals surface area contributed by atoms with E-state index in [4.69, 9.17) is 5.73 Å². The van der Waals surface area contributed by atoms with Crippen molar-refractivity contribution >= 4 is 5.91 Å². The van der Waals surface area contributed by atoms with E-state index in [1.807, 2.05) is 6.08 Å². The van der Waals surface area contributed by atoms with Gasteiger partial charge < -0.3 is 10.2 Å². The Morgan fingerprint density at radius 3 is 1.58 bits per heavy atom. The van der Waals surface area contributed by atoms with Crippen LogP contribution in [-0.2, 0) is 4.79 Å². The minimum atomic E-state index is -0.244. The van der Waals surface area contributed by atoms with Crippen molar-refractivity contribution in [1.29, 1.82) is 0 Å². The van der Waals surface area contributed by atoms with Gasteiger partial charge in [-0.25, -0.2) is 0 Å². The standard InChI is InChI=1S/C21H42N2O/c1-5-6-7-8-9-10-11-12-13-14-15-16-17-20(21(22)24)18-19-23(2,3)4/h18H,5-17,19H2,1-4H3,(H-,22,24)/p+1. The number of carbonyl (C=O) groups is 1. The average molecular weight is 340 g/mol. The average Bonchev–Trinajstić information content (AvgIpc) is 2.49. The zero-order chi connectivity index (χ0) is 18.3. The molecule has 0 aliphatic heterocycles. The minimum Gasteiger partial charge on any atom is -0.366 e. The van der Waals surface area contributed by atoms with Crippen molar-refractivity contribution in [2.24, 2.45) is 5.73 Å². The number of rotatable bonds is 16. The van der Waals surface area contributed by atoms with Crippen LogP contribution < -0.4 is 5.73 Å². The molecule has 3 nitrogen and oxygen atoms in total. The van der Waals surface area contributed by atoms with Gasteiger partial charge in [0.2, 0.25) is 5.91 Å². The molecular formula is C21H43N2O+. The zero-order valence-corrected chi connectivity index (χ0v) is 16.9. The normalized spacial score (nSPS) is 12.6. The summed E-state index contributed by atoms with van der Waals surface area (Å²) in [6, 6.07) is 0. The van der Waals surface area contributed by atoms with Gasteiger partial charge in [0, 0.05) is 5.57 Å². The molecular weight excluding hydrogens is 296 g/mol. The molecule has 0 fully saturated rings. The number of hydrogen-bond acceptors (Lipinski definition) is 1. The molecule has 142 valence electrons. The van der Waals surface area contributed by atoms with Gasteiger partial charge in [-0.15, -0.1) is 0 Å². The van der Waals surface area contributed by atoms with Gasteiger partial charge in [0.05, 0.1) is 27.7 Å². The summed E-state index contributed by atoms with van der Waals surface area (Å²) in [5.74, 6) is -0.244. The second kappa shape index (κ2) is 14.5. The van der Waals surface area contributed by atoms with Gasteiger partial charge in [0.1, 0.15) is 0 Å². The summed E-state index contributed by atoms with van der Waals surface area (Å²) >= 11 is 0. The molecule has 0 aromatic carbocycles. The van der Waals surface area contributed by atoms with Gasteiger partial charge in [0.25, 0.3) is 0 Å². The highest BCUT2D eigenvalue weighted by molar-refractivity contribution is 5.91. The molecule has 0 saturated heterocycles. The Morgan fingerprint density at radius 1 is 0.792 bits per heavy atom. The Kier molecular flexibility index (Phi) is 14.0. The number of quaternary nitrogens is 1. The highest BCUT2D eigenvalue weighted by atomic mass is 16.1. The number of nitrogens with two attached hydrogens (primary N) is 1. The van der Waals surface area contributed by atoms with Crippen LogP contribution in [0.3, 0.4) is 0 Å². The van der Waals surface area contributed by atoms with Crippen molar-refractivity contribution in [2.75, 3.05) is 27.7 Å². The monoisotopic (exact) mass is 339 g/mol. The van der Waals surface area contributed by atoms with Crippen LogP contribution in [0.2, 0.25) is 0 Å². The fraction of sp³-hybridized carbons (Fsp3) is 0.857. The van der Waals surface area contributed by atoms with Crippen LogP contribution in [0.1, 0.15) is 90.4 Å². The molecule has 0 bridgehead atoms. The topological polar surface area (TPSA) is 43.1 Å². The fourth-order valence-electron chi connectivity index (χ4n) is 2.87. The molecule has 0 unspecified atom stereocenters. The van der Waals surface area contributed by atoms with E-state index in [-0.39, 0.29) is 5.91 Å². The van der Waals surface area contributed by atoms with Gasteiger partial charge in [-0.05, 0) is 18.9 Å². The van der Waals surface area contributed by atoms with Crippen LogP contribution in [-0.4, -0.2) is 38.1 Å². The Balaban J connectivity index is 3.58. The van der Waals surface area contributed by atoms with Gasteiger partial charge >= 0.3 is 0 Å². The van der Waals surface area contributed by atoms with E-state index in [0.29, 0.717) is 0 Å². The van der Waals surface area contributed by atoms with Crippen LogP contribution in [0.25, 0.3) is 0 Å². The van der Waals surface area contributed by atoms with Gasteiger partial charge in [0.15, 0.2) is 0 Å². The molecule has 0 rings (SSSR count). The number of unbranched alkanes of at least 4 members (excludes halogenated alkanes) is 11. The summed E-state index contributed by atoms with van der Waals surface area (Å²) in [5, 5.41) is 0. The number of nitrogens with zero attached hydrogens (tertiary/aromatic N) is 1. The maximum atomic E-state index is 11.5. The molecule has 0 heterocycles. The van der Waals surface area contributed by atoms with E-state index < -0.39 is 0 Å². The molecule has 0 spiro atoms.